The Labute approximate surface area is 113 Å². The van der Waals surface area contributed by atoms with Crippen LogP contribution in [0.5, 0.6) is 5.75 Å². The monoisotopic (exact) mass is 280 g/mol. The summed E-state index contributed by atoms with van der Waals surface area (Å²) in [7, 11) is 1.42. The fourth-order valence-corrected chi connectivity index (χ4v) is 2.44. The first-order valence-corrected chi connectivity index (χ1v) is 6.02. The number of benzene rings is 1. The van der Waals surface area contributed by atoms with Crippen LogP contribution in [0, 0.1) is 0 Å². The Balaban J connectivity index is 3.09. The number of halogens is 1. The summed E-state index contributed by atoms with van der Waals surface area (Å²) < 4.78 is 1.13. The molecule has 0 saturated carbocycles. The number of rotatable bonds is 2. The second-order valence-electron chi connectivity index (χ2n) is 4.16. The Morgan fingerprint density at radius 3 is 2.63 bits per heavy atom. The minimum absolute atomic E-state index is 0.0838. The molecule has 1 heterocycles. The van der Waals surface area contributed by atoms with E-state index < -0.39 is 22.8 Å². The number of nitrogens with zero attached hydrogens (tertiary/aromatic N) is 1. The van der Waals surface area contributed by atoms with Gasteiger partial charge in [-0.05, 0) is 18.1 Å². The normalized spacial score (nSPS) is 10.9. The van der Waals surface area contributed by atoms with Gasteiger partial charge in [0, 0.05) is 12.4 Å². The third kappa shape index (κ3) is 1.86. The van der Waals surface area contributed by atoms with Crippen molar-refractivity contribution in [3.05, 3.63) is 38.6 Å². The van der Waals surface area contributed by atoms with Gasteiger partial charge in [-0.25, -0.2) is 4.79 Å². The van der Waals surface area contributed by atoms with Crippen molar-refractivity contribution in [1.82, 2.24) is 4.57 Å². The van der Waals surface area contributed by atoms with Crippen molar-refractivity contribution in [2.45, 2.75) is 13.3 Å². The molecule has 0 spiro atoms. The first-order valence-electron chi connectivity index (χ1n) is 5.64. The average molecular weight is 281 g/mol. The molecule has 0 radical (unpaired) electrons. The summed E-state index contributed by atoms with van der Waals surface area (Å²) in [4.78, 5) is 22.9. The highest BCUT2D eigenvalue weighted by Gasteiger charge is 2.17. The molecule has 1 N–H and O–H groups in total. The van der Waals surface area contributed by atoms with Gasteiger partial charge >= 0.3 is 5.97 Å². The summed E-state index contributed by atoms with van der Waals surface area (Å²) in [6.45, 7) is 1.87. The van der Waals surface area contributed by atoms with E-state index in [2.05, 4.69) is 0 Å². The topological polar surface area (TPSA) is 82.4 Å². The second kappa shape index (κ2) is 4.59. The summed E-state index contributed by atoms with van der Waals surface area (Å²) in [5, 5.41) is 21.4. The second-order valence-corrected chi connectivity index (χ2v) is 4.54. The van der Waals surface area contributed by atoms with E-state index in [1.165, 1.54) is 7.05 Å². The van der Waals surface area contributed by atoms with E-state index in [-0.39, 0.29) is 10.4 Å². The highest BCUT2D eigenvalue weighted by Crippen LogP contribution is 2.33. The molecule has 0 bridgehead atoms. The van der Waals surface area contributed by atoms with Crippen molar-refractivity contribution in [1.29, 1.82) is 0 Å². The fraction of sp³-hybridized carbons (Fsp3) is 0.231. The van der Waals surface area contributed by atoms with Gasteiger partial charge in [0.25, 0.3) is 5.56 Å². The molecule has 5 nitrogen and oxygen atoms in total. The lowest BCUT2D eigenvalue weighted by Crippen LogP contribution is -2.27. The van der Waals surface area contributed by atoms with E-state index in [4.69, 9.17) is 16.7 Å². The molecule has 0 unspecified atom stereocenters. The van der Waals surface area contributed by atoms with E-state index in [0.717, 1.165) is 10.1 Å². The smallest absolute Gasteiger partial charge is 0.340 e. The van der Waals surface area contributed by atoms with Crippen molar-refractivity contribution in [2.75, 3.05) is 0 Å². The first-order chi connectivity index (χ1) is 8.90. The molecular weight excluding hydrogens is 270 g/mol. The first kappa shape index (κ1) is 13.4. The van der Waals surface area contributed by atoms with Crippen molar-refractivity contribution in [3.8, 4) is 5.75 Å². The SMILES string of the molecule is CCc1ccc2c(c([O-])c(C(=O)O)c(=O)n2C)c1Cl. The van der Waals surface area contributed by atoms with Gasteiger partial charge in [0.15, 0.2) is 0 Å². The predicted molar refractivity (Wildman–Crippen MR) is 70.0 cm³/mol. The van der Waals surface area contributed by atoms with Crippen LogP contribution in [0.25, 0.3) is 10.9 Å². The molecule has 100 valence electrons. The molecule has 0 aliphatic carbocycles. The number of aromatic carboxylic acids is 1. The Kier molecular flexibility index (Phi) is 3.24. The molecule has 0 fully saturated rings. The van der Waals surface area contributed by atoms with Crippen LogP contribution >= 0.6 is 11.6 Å². The summed E-state index contributed by atoms with van der Waals surface area (Å²) in [5.74, 6) is -2.36. The Morgan fingerprint density at radius 1 is 1.47 bits per heavy atom. The largest absolute Gasteiger partial charge is 0.871 e. The molecule has 2 aromatic rings. The molecule has 0 aliphatic heterocycles. The van der Waals surface area contributed by atoms with Crippen molar-refractivity contribution >= 4 is 28.5 Å². The fourth-order valence-electron chi connectivity index (χ4n) is 2.07. The van der Waals surface area contributed by atoms with Gasteiger partial charge in [-0.3, -0.25) is 4.79 Å². The Morgan fingerprint density at radius 2 is 2.11 bits per heavy atom. The van der Waals surface area contributed by atoms with Crippen molar-refractivity contribution in [3.63, 3.8) is 0 Å². The molecular formula is C13H11ClNO4-. The van der Waals surface area contributed by atoms with Crippen molar-refractivity contribution < 1.29 is 15.0 Å². The Hall–Kier alpha value is -2.01. The van der Waals surface area contributed by atoms with E-state index in [0.29, 0.717) is 11.9 Å². The summed E-state index contributed by atoms with van der Waals surface area (Å²) >= 11 is 6.14. The lowest BCUT2D eigenvalue weighted by Gasteiger charge is -2.19. The molecule has 6 heteroatoms. The van der Waals surface area contributed by atoms with Crippen LogP contribution in [-0.4, -0.2) is 15.6 Å². The number of carboxylic acid groups (broad SMARTS) is 1. The molecule has 19 heavy (non-hydrogen) atoms. The molecule has 0 aliphatic rings. The van der Waals surface area contributed by atoms with Gasteiger partial charge in [-0.2, -0.15) is 0 Å². The third-order valence-corrected chi connectivity index (χ3v) is 3.56. The van der Waals surface area contributed by atoms with Crippen LogP contribution in [0.4, 0.5) is 0 Å². The van der Waals surface area contributed by atoms with Crippen LogP contribution in [0.15, 0.2) is 16.9 Å². The van der Waals surface area contributed by atoms with Crippen molar-refractivity contribution in [2.24, 2.45) is 7.05 Å². The number of fused-ring (bicyclic) bond motifs is 1. The quantitative estimate of drug-likeness (QED) is 0.904. The van der Waals surface area contributed by atoms with E-state index in [1.807, 2.05) is 6.92 Å². The van der Waals surface area contributed by atoms with E-state index >= 15 is 0 Å². The summed E-state index contributed by atoms with van der Waals surface area (Å²) in [6.07, 6.45) is 0.611. The molecule has 2 rings (SSSR count). The zero-order chi connectivity index (χ0) is 14.3. The van der Waals surface area contributed by atoms with Crippen LogP contribution in [0.2, 0.25) is 5.02 Å². The number of carbonyl (C=O) groups is 1. The summed E-state index contributed by atoms with van der Waals surface area (Å²) in [5.41, 5.74) is -0.529. The van der Waals surface area contributed by atoms with Gasteiger partial charge in [-0.15, -0.1) is 0 Å². The number of hydrogen-bond acceptors (Lipinski definition) is 3. The molecule has 1 aromatic carbocycles. The number of carboxylic acids is 1. The van der Waals surface area contributed by atoms with Gasteiger partial charge in [-0.1, -0.05) is 30.3 Å². The van der Waals surface area contributed by atoms with Gasteiger partial charge in [0.1, 0.15) is 5.56 Å². The zero-order valence-corrected chi connectivity index (χ0v) is 11.1. The summed E-state index contributed by atoms with van der Waals surface area (Å²) in [6, 6.07) is 3.33. The highest BCUT2D eigenvalue weighted by atomic mass is 35.5. The standard InChI is InChI=1S/C13H12ClNO4/c1-3-6-4-5-7-8(10(6)14)11(16)9(13(18)19)12(17)15(7)2/h4-5,16H,3H2,1-2H3,(H,18,19)/p-1. The van der Waals surface area contributed by atoms with Crippen LogP contribution in [0.1, 0.15) is 22.8 Å². The molecule has 0 saturated heterocycles. The minimum Gasteiger partial charge on any atom is -0.871 e. The lowest BCUT2D eigenvalue weighted by atomic mass is 10.1. The minimum atomic E-state index is -1.54. The number of aryl methyl sites for hydroxylation is 2. The van der Waals surface area contributed by atoms with Gasteiger partial charge in [0.05, 0.1) is 10.5 Å². The third-order valence-electron chi connectivity index (χ3n) is 3.13. The Bertz CT molecular complexity index is 749. The van der Waals surface area contributed by atoms with Gasteiger partial charge in [0.2, 0.25) is 0 Å². The molecule has 0 amide bonds. The van der Waals surface area contributed by atoms with Crippen LogP contribution < -0.4 is 10.7 Å². The molecule has 0 atom stereocenters. The maximum atomic E-state index is 12.2. The maximum absolute atomic E-state index is 12.2. The van der Waals surface area contributed by atoms with Crippen LogP contribution in [-0.2, 0) is 13.5 Å². The highest BCUT2D eigenvalue weighted by molar-refractivity contribution is 6.37. The van der Waals surface area contributed by atoms with E-state index in [1.54, 1.807) is 12.1 Å². The lowest BCUT2D eigenvalue weighted by molar-refractivity contribution is -0.266. The van der Waals surface area contributed by atoms with E-state index in [9.17, 15) is 14.7 Å². The van der Waals surface area contributed by atoms with Gasteiger partial charge < -0.3 is 14.8 Å². The average Bonchev–Trinajstić information content (AvgIpc) is 2.35. The molecule has 1 aromatic heterocycles. The number of hydrogen-bond donors (Lipinski definition) is 1. The zero-order valence-electron chi connectivity index (χ0n) is 10.4. The predicted octanol–water partition coefficient (Wildman–Crippen LogP) is 1.53. The maximum Gasteiger partial charge on any atom is 0.340 e. The number of pyridine rings is 1. The van der Waals surface area contributed by atoms with Crippen LogP contribution in [0.3, 0.4) is 0 Å². The number of aromatic nitrogens is 1.